The standard InChI is InChI=1S/C13H20ClN3O3S/c1-8(2)6-16-12(18)7-17-21(19,20)10-4-9(3)13(14)11(15)5-10/h4-5,8,17H,6-7,15H2,1-3H3,(H,16,18). The maximum Gasteiger partial charge on any atom is 0.241 e. The average molecular weight is 334 g/mol. The number of halogens is 1. The van der Waals surface area contributed by atoms with Crippen molar-refractivity contribution in [1.29, 1.82) is 0 Å². The highest BCUT2D eigenvalue weighted by Gasteiger charge is 2.18. The first kappa shape index (κ1) is 17.7. The number of hydrogen-bond acceptors (Lipinski definition) is 4. The first-order valence-corrected chi connectivity index (χ1v) is 8.31. The topological polar surface area (TPSA) is 101 Å². The van der Waals surface area contributed by atoms with E-state index in [1.807, 2.05) is 13.8 Å². The van der Waals surface area contributed by atoms with E-state index in [9.17, 15) is 13.2 Å². The van der Waals surface area contributed by atoms with Crippen LogP contribution in [-0.4, -0.2) is 27.4 Å². The number of hydrogen-bond donors (Lipinski definition) is 3. The van der Waals surface area contributed by atoms with Crippen LogP contribution in [0.25, 0.3) is 0 Å². The van der Waals surface area contributed by atoms with Gasteiger partial charge in [-0.15, -0.1) is 0 Å². The van der Waals surface area contributed by atoms with Gasteiger partial charge >= 0.3 is 0 Å². The van der Waals surface area contributed by atoms with Crippen LogP contribution in [0.1, 0.15) is 19.4 Å². The molecule has 118 valence electrons. The molecular formula is C13H20ClN3O3S. The molecular weight excluding hydrogens is 314 g/mol. The molecule has 1 aromatic rings. The van der Waals surface area contributed by atoms with E-state index in [-0.39, 0.29) is 23.0 Å². The number of nitrogens with one attached hydrogen (secondary N) is 2. The Bertz CT molecular complexity index is 607. The Morgan fingerprint density at radius 2 is 2.00 bits per heavy atom. The second-order valence-corrected chi connectivity index (χ2v) is 7.31. The Kier molecular flexibility index (Phi) is 6.00. The Balaban J connectivity index is 2.76. The van der Waals surface area contributed by atoms with E-state index < -0.39 is 10.0 Å². The minimum absolute atomic E-state index is 0.0152. The molecule has 0 heterocycles. The molecule has 4 N–H and O–H groups in total. The van der Waals surface area contributed by atoms with Crippen molar-refractivity contribution in [1.82, 2.24) is 10.0 Å². The number of anilines is 1. The van der Waals surface area contributed by atoms with Gasteiger partial charge in [-0.25, -0.2) is 13.1 Å². The Morgan fingerprint density at radius 1 is 1.38 bits per heavy atom. The first-order valence-electron chi connectivity index (χ1n) is 6.45. The van der Waals surface area contributed by atoms with Gasteiger partial charge < -0.3 is 11.1 Å². The number of carbonyl (C=O) groups excluding carboxylic acids is 1. The highest BCUT2D eigenvalue weighted by molar-refractivity contribution is 7.89. The molecule has 0 aromatic heterocycles. The fourth-order valence-corrected chi connectivity index (χ4v) is 2.75. The van der Waals surface area contributed by atoms with Crippen molar-refractivity contribution in [3.63, 3.8) is 0 Å². The number of nitrogen functional groups attached to an aromatic ring is 1. The van der Waals surface area contributed by atoms with Crippen LogP contribution in [0.4, 0.5) is 5.69 Å². The summed E-state index contributed by atoms with van der Waals surface area (Å²) in [6, 6.07) is 2.68. The number of sulfonamides is 1. The van der Waals surface area contributed by atoms with E-state index in [0.29, 0.717) is 23.0 Å². The molecule has 8 heteroatoms. The molecule has 0 atom stereocenters. The zero-order chi connectivity index (χ0) is 16.2. The second kappa shape index (κ2) is 7.11. The molecule has 1 aromatic carbocycles. The van der Waals surface area contributed by atoms with Gasteiger partial charge in [0.25, 0.3) is 0 Å². The number of amides is 1. The normalized spacial score (nSPS) is 11.7. The molecule has 0 saturated heterocycles. The van der Waals surface area contributed by atoms with Gasteiger partial charge in [0.1, 0.15) is 0 Å². The van der Waals surface area contributed by atoms with Crippen LogP contribution >= 0.6 is 11.6 Å². The molecule has 0 spiro atoms. The summed E-state index contributed by atoms with van der Waals surface area (Å²) >= 11 is 5.89. The molecule has 6 nitrogen and oxygen atoms in total. The summed E-state index contributed by atoms with van der Waals surface area (Å²) < 4.78 is 26.4. The van der Waals surface area contributed by atoms with Crippen LogP contribution in [0, 0.1) is 12.8 Å². The minimum atomic E-state index is -3.81. The van der Waals surface area contributed by atoms with Crippen LogP contribution in [0.15, 0.2) is 17.0 Å². The molecule has 0 fully saturated rings. The van der Waals surface area contributed by atoms with E-state index in [4.69, 9.17) is 17.3 Å². The van der Waals surface area contributed by atoms with Crippen molar-refractivity contribution >= 4 is 33.2 Å². The number of nitrogens with two attached hydrogens (primary N) is 1. The van der Waals surface area contributed by atoms with Gasteiger partial charge in [0.05, 0.1) is 22.2 Å². The summed E-state index contributed by atoms with van der Waals surface area (Å²) in [5.41, 5.74) is 6.39. The van der Waals surface area contributed by atoms with Gasteiger partial charge in [-0.1, -0.05) is 25.4 Å². The van der Waals surface area contributed by atoms with Crippen molar-refractivity contribution in [2.75, 3.05) is 18.8 Å². The van der Waals surface area contributed by atoms with Crippen molar-refractivity contribution in [3.05, 3.63) is 22.7 Å². The van der Waals surface area contributed by atoms with Crippen LogP contribution in [-0.2, 0) is 14.8 Å². The van der Waals surface area contributed by atoms with Gasteiger partial charge in [0.2, 0.25) is 15.9 Å². The molecule has 0 unspecified atom stereocenters. The zero-order valence-corrected chi connectivity index (χ0v) is 13.8. The van der Waals surface area contributed by atoms with Crippen molar-refractivity contribution in [2.24, 2.45) is 5.92 Å². The van der Waals surface area contributed by atoms with E-state index in [1.54, 1.807) is 6.92 Å². The molecule has 0 aliphatic rings. The number of benzene rings is 1. The molecule has 0 saturated carbocycles. The lowest BCUT2D eigenvalue weighted by molar-refractivity contribution is -0.120. The summed E-state index contributed by atoms with van der Waals surface area (Å²) in [7, 11) is -3.81. The first-order chi connectivity index (χ1) is 9.63. The molecule has 21 heavy (non-hydrogen) atoms. The largest absolute Gasteiger partial charge is 0.397 e. The summed E-state index contributed by atoms with van der Waals surface area (Å²) in [5, 5.41) is 2.95. The van der Waals surface area contributed by atoms with Gasteiger partial charge in [-0.05, 0) is 30.5 Å². The molecule has 0 bridgehead atoms. The molecule has 1 rings (SSSR count). The Labute approximate surface area is 130 Å². The van der Waals surface area contributed by atoms with E-state index in [2.05, 4.69) is 10.0 Å². The summed E-state index contributed by atoms with van der Waals surface area (Å²) in [4.78, 5) is 11.5. The highest BCUT2D eigenvalue weighted by atomic mass is 35.5. The SMILES string of the molecule is Cc1cc(S(=O)(=O)NCC(=O)NCC(C)C)cc(N)c1Cl. The summed E-state index contributed by atoms with van der Waals surface area (Å²) in [5.74, 6) is -0.0878. The third kappa shape index (κ3) is 5.18. The zero-order valence-electron chi connectivity index (χ0n) is 12.2. The average Bonchev–Trinajstić information content (AvgIpc) is 2.39. The van der Waals surface area contributed by atoms with Gasteiger partial charge in [0, 0.05) is 6.54 Å². The van der Waals surface area contributed by atoms with Gasteiger partial charge in [0.15, 0.2) is 0 Å². The lowest BCUT2D eigenvalue weighted by Gasteiger charge is -2.11. The van der Waals surface area contributed by atoms with Crippen LogP contribution in [0.2, 0.25) is 5.02 Å². The van der Waals surface area contributed by atoms with Crippen LogP contribution in [0.5, 0.6) is 0 Å². The molecule has 1 amide bonds. The predicted molar refractivity (Wildman–Crippen MR) is 83.6 cm³/mol. The van der Waals surface area contributed by atoms with Crippen molar-refractivity contribution in [2.45, 2.75) is 25.7 Å². The number of aryl methyl sites for hydroxylation is 1. The highest BCUT2D eigenvalue weighted by Crippen LogP contribution is 2.26. The van der Waals surface area contributed by atoms with Crippen molar-refractivity contribution < 1.29 is 13.2 Å². The number of carbonyl (C=O) groups is 1. The fourth-order valence-electron chi connectivity index (χ4n) is 1.54. The van der Waals surface area contributed by atoms with Crippen LogP contribution < -0.4 is 15.8 Å². The monoisotopic (exact) mass is 333 g/mol. The maximum atomic E-state index is 12.1. The lowest BCUT2D eigenvalue weighted by atomic mass is 10.2. The maximum absolute atomic E-state index is 12.1. The quantitative estimate of drug-likeness (QED) is 0.682. The Morgan fingerprint density at radius 3 is 2.52 bits per heavy atom. The third-order valence-corrected chi connectivity index (χ3v) is 4.59. The van der Waals surface area contributed by atoms with Gasteiger partial charge in [-0.3, -0.25) is 4.79 Å². The Hall–Kier alpha value is -1.31. The smallest absolute Gasteiger partial charge is 0.241 e. The third-order valence-electron chi connectivity index (χ3n) is 2.70. The minimum Gasteiger partial charge on any atom is -0.397 e. The van der Waals surface area contributed by atoms with Crippen molar-refractivity contribution in [3.8, 4) is 0 Å². The van der Waals surface area contributed by atoms with E-state index >= 15 is 0 Å². The van der Waals surface area contributed by atoms with E-state index in [1.165, 1.54) is 12.1 Å². The van der Waals surface area contributed by atoms with Crippen LogP contribution in [0.3, 0.4) is 0 Å². The molecule has 0 radical (unpaired) electrons. The van der Waals surface area contributed by atoms with Gasteiger partial charge in [-0.2, -0.15) is 0 Å². The summed E-state index contributed by atoms with van der Waals surface area (Å²) in [6.07, 6.45) is 0. The fraction of sp³-hybridized carbons (Fsp3) is 0.462. The summed E-state index contributed by atoms with van der Waals surface area (Å²) in [6.45, 7) is 5.73. The second-order valence-electron chi connectivity index (χ2n) is 5.17. The molecule has 0 aliphatic heterocycles. The molecule has 0 aliphatic carbocycles. The number of rotatable bonds is 6. The predicted octanol–water partition coefficient (Wildman–Crippen LogP) is 1.28. The van der Waals surface area contributed by atoms with E-state index in [0.717, 1.165) is 0 Å². The lowest BCUT2D eigenvalue weighted by Crippen LogP contribution is -2.38.